The molecule has 2 amide bonds. The van der Waals surface area contributed by atoms with E-state index < -0.39 is 41.2 Å². The molecule has 170 valence electrons. The third-order valence-electron chi connectivity index (χ3n) is 5.16. The van der Waals surface area contributed by atoms with Crippen molar-refractivity contribution in [1.29, 1.82) is 0 Å². The lowest BCUT2D eigenvalue weighted by atomic mass is 10.1. The molecule has 0 aliphatic carbocycles. The van der Waals surface area contributed by atoms with Crippen molar-refractivity contribution in [2.45, 2.75) is 26.4 Å². The maximum absolute atomic E-state index is 12.9. The van der Waals surface area contributed by atoms with Gasteiger partial charge in [-0.15, -0.1) is 0 Å². The molecule has 10 heteroatoms. The fraction of sp³-hybridized carbons (Fsp3) is 0.318. The summed E-state index contributed by atoms with van der Waals surface area (Å²) in [5.41, 5.74) is 1.53. The largest absolute Gasteiger partial charge is 0.455 e. The highest BCUT2D eigenvalue weighted by Gasteiger charge is 2.36. The van der Waals surface area contributed by atoms with Gasteiger partial charge in [0, 0.05) is 24.3 Å². The van der Waals surface area contributed by atoms with E-state index in [4.69, 9.17) is 16.3 Å². The molecule has 2 aromatic carbocycles. The summed E-state index contributed by atoms with van der Waals surface area (Å²) in [5.74, 6) is -2.53. The van der Waals surface area contributed by atoms with E-state index in [2.05, 4.69) is 5.32 Å². The number of aryl methyl sites for hydroxylation is 2. The summed E-state index contributed by atoms with van der Waals surface area (Å²) in [7, 11) is 0. The van der Waals surface area contributed by atoms with Gasteiger partial charge in [0.15, 0.2) is 6.61 Å². The minimum Gasteiger partial charge on any atom is -0.455 e. The number of alkyl halides is 3. The van der Waals surface area contributed by atoms with Crippen LogP contribution in [0, 0.1) is 19.8 Å². The molecule has 1 aliphatic heterocycles. The molecule has 6 nitrogen and oxygen atoms in total. The molecule has 3 rings (SSSR count). The normalized spacial score (nSPS) is 16.2. The minimum atomic E-state index is -4.68. The number of amides is 2. The number of hydrogen-bond donors (Lipinski definition) is 1. The maximum atomic E-state index is 12.9. The predicted octanol–water partition coefficient (Wildman–Crippen LogP) is 4.51. The summed E-state index contributed by atoms with van der Waals surface area (Å²) in [6, 6.07) is 8.44. The van der Waals surface area contributed by atoms with Gasteiger partial charge in [-0.1, -0.05) is 17.7 Å². The Hall–Kier alpha value is -3.07. The number of anilines is 2. The van der Waals surface area contributed by atoms with Gasteiger partial charge >= 0.3 is 12.1 Å². The van der Waals surface area contributed by atoms with Crippen LogP contribution in [0.1, 0.15) is 23.1 Å². The molecule has 0 aromatic heterocycles. The molecule has 0 spiro atoms. The Bertz CT molecular complexity index is 1070. The summed E-state index contributed by atoms with van der Waals surface area (Å²) in [6.45, 7) is 3.29. The molecule has 1 saturated heterocycles. The first-order valence-corrected chi connectivity index (χ1v) is 10.0. The average Bonchev–Trinajstić information content (AvgIpc) is 3.10. The zero-order chi connectivity index (χ0) is 23.6. The predicted molar refractivity (Wildman–Crippen MR) is 112 cm³/mol. The summed E-state index contributed by atoms with van der Waals surface area (Å²) in [6.07, 6.45) is -4.74. The van der Waals surface area contributed by atoms with Gasteiger partial charge in [0.2, 0.25) is 5.91 Å². The lowest BCUT2D eigenvalue weighted by molar-refractivity contribution is -0.151. The van der Waals surface area contributed by atoms with Gasteiger partial charge in [0.25, 0.3) is 5.91 Å². The zero-order valence-corrected chi connectivity index (χ0v) is 18.0. The molecule has 32 heavy (non-hydrogen) atoms. The van der Waals surface area contributed by atoms with Gasteiger partial charge in [-0.3, -0.25) is 14.4 Å². The fourth-order valence-electron chi connectivity index (χ4n) is 3.28. The number of carbonyl (C=O) groups excluding carboxylic acids is 3. The molecule has 0 unspecified atom stereocenters. The molecule has 0 saturated carbocycles. The average molecular weight is 469 g/mol. The van der Waals surface area contributed by atoms with E-state index in [-0.39, 0.29) is 24.6 Å². The first-order valence-electron chi connectivity index (χ1n) is 9.66. The Balaban J connectivity index is 1.56. The molecular weight excluding hydrogens is 449 g/mol. The number of nitrogens with zero attached hydrogens (tertiary/aromatic N) is 1. The summed E-state index contributed by atoms with van der Waals surface area (Å²) < 4.78 is 43.7. The van der Waals surface area contributed by atoms with Crippen LogP contribution in [-0.2, 0) is 25.3 Å². The van der Waals surface area contributed by atoms with Gasteiger partial charge in [-0.2, -0.15) is 13.2 Å². The second-order valence-corrected chi connectivity index (χ2v) is 7.93. The van der Waals surface area contributed by atoms with Gasteiger partial charge in [0.1, 0.15) is 0 Å². The lowest BCUT2D eigenvalue weighted by Gasteiger charge is -2.18. The van der Waals surface area contributed by atoms with E-state index >= 15 is 0 Å². The van der Waals surface area contributed by atoms with Crippen molar-refractivity contribution in [2.24, 2.45) is 5.92 Å². The number of benzene rings is 2. The van der Waals surface area contributed by atoms with E-state index in [1.807, 2.05) is 26.0 Å². The highest BCUT2D eigenvalue weighted by molar-refractivity contribution is 6.31. The highest BCUT2D eigenvalue weighted by Crippen LogP contribution is 2.36. The molecule has 1 atom stereocenters. The van der Waals surface area contributed by atoms with Gasteiger partial charge < -0.3 is 15.0 Å². The molecule has 0 radical (unpaired) electrons. The highest BCUT2D eigenvalue weighted by atomic mass is 35.5. The minimum absolute atomic E-state index is 0.0560. The quantitative estimate of drug-likeness (QED) is 0.655. The molecular formula is C22H20ClF3N2O4. The second kappa shape index (κ2) is 9.20. The first kappa shape index (κ1) is 23.6. The third-order valence-corrected chi connectivity index (χ3v) is 5.49. The first-order chi connectivity index (χ1) is 15.0. The monoisotopic (exact) mass is 468 g/mol. The summed E-state index contributed by atoms with van der Waals surface area (Å²) in [5, 5.41) is 1.73. The van der Waals surface area contributed by atoms with E-state index in [1.165, 1.54) is 11.0 Å². The van der Waals surface area contributed by atoms with Crippen molar-refractivity contribution in [1.82, 2.24) is 0 Å². The van der Waals surface area contributed by atoms with Crippen LogP contribution in [0.4, 0.5) is 24.5 Å². The fourth-order valence-corrected chi connectivity index (χ4v) is 3.51. The number of nitrogens with one attached hydrogen (secondary N) is 1. The number of carbonyl (C=O) groups is 3. The van der Waals surface area contributed by atoms with E-state index in [1.54, 1.807) is 6.07 Å². The van der Waals surface area contributed by atoms with Crippen LogP contribution >= 0.6 is 11.6 Å². The number of hydrogen-bond acceptors (Lipinski definition) is 4. The Kier molecular flexibility index (Phi) is 6.78. The Morgan fingerprint density at radius 1 is 1.16 bits per heavy atom. The van der Waals surface area contributed by atoms with Crippen LogP contribution in [0.5, 0.6) is 0 Å². The van der Waals surface area contributed by atoms with E-state index in [0.717, 1.165) is 17.2 Å². The van der Waals surface area contributed by atoms with Crippen molar-refractivity contribution in [3.05, 3.63) is 58.1 Å². The Morgan fingerprint density at radius 3 is 2.53 bits per heavy atom. The van der Waals surface area contributed by atoms with Gasteiger partial charge in [0.05, 0.1) is 16.5 Å². The molecule has 1 aliphatic rings. The number of esters is 1. The number of ether oxygens (including phenoxy) is 1. The van der Waals surface area contributed by atoms with E-state index in [9.17, 15) is 27.6 Å². The Labute approximate surface area is 187 Å². The van der Waals surface area contributed by atoms with E-state index in [0.29, 0.717) is 11.8 Å². The molecule has 1 N–H and O–H groups in total. The van der Waals surface area contributed by atoms with Crippen LogP contribution in [0.25, 0.3) is 0 Å². The van der Waals surface area contributed by atoms with Crippen molar-refractivity contribution >= 4 is 40.8 Å². The zero-order valence-electron chi connectivity index (χ0n) is 17.3. The molecule has 2 aromatic rings. The SMILES string of the molecule is Cc1ccc(N2C[C@H](C(=O)OCC(=O)Nc3ccc(Cl)c(C(F)(F)F)c3)CC2=O)cc1C. The second-order valence-electron chi connectivity index (χ2n) is 7.52. The van der Waals surface area contributed by atoms with Crippen LogP contribution < -0.4 is 10.2 Å². The van der Waals surface area contributed by atoms with Crippen LogP contribution in [0.15, 0.2) is 36.4 Å². The lowest BCUT2D eigenvalue weighted by Crippen LogP contribution is -2.28. The van der Waals surface area contributed by atoms with Crippen molar-refractivity contribution in [3.8, 4) is 0 Å². The van der Waals surface area contributed by atoms with Crippen molar-refractivity contribution in [3.63, 3.8) is 0 Å². The summed E-state index contributed by atoms with van der Waals surface area (Å²) >= 11 is 5.54. The van der Waals surface area contributed by atoms with Crippen LogP contribution in [-0.4, -0.2) is 30.9 Å². The third kappa shape index (κ3) is 5.40. The van der Waals surface area contributed by atoms with Gasteiger partial charge in [-0.05, 0) is 55.3 Å². The smallest absolute Gasteiger partial charge is 0.417 e. The van der Waals surface area contributed by atoms with Crippen LogP contribution in [0.3, 0.4) is 0 Å². The van der Waals surface area contributed by atoms with Crippen LogP contribution in [0.2, 0.25) is 5.02 Å². The maximum Gasteiger partial charge on any atom is 0.417 e. The molecule has 0 bridgehead atoms. The Morgan fingerprint density at radius 2 is 1.88 bits per heavy atom. The standard InChI is InChI=1S/C22H20ClF3N2O4/c1-12-3-5-16(7-13(12)2)28-10-14(8-20(28)30)21(31)32-11-19(29)27-15-4-6-18(23)17(9-15)22(24,25)26/h3-7,9,14H,8,10-11H2,1-2H3,(H,27,29)/t14-/m1/s1. The topological polar surface area (TPSA) is 75.7 Å². The van der Waals surface area contributed by atoms with Crippen molar-refractivity contribution in [2.75, 3.05) is 23.4 Å². The number of halogens is 4. The summed E-state index contributed by atoms with van der Waals surface area (Å²) in [4.78, 5) is 38.2. The molecule has 1 fully saturated rings. The molecule has 1 heterocycles. The van der Waals surface area contributed by atoms with Gasteiger partial charge in [-0.25, -0.2) is 0 Å². The van der Waals surface area contributed by atoms with Crippen molar-refractivity contribution < 1.29 is 32.3 Å². The number of rotatable bonds is 5.